The van der Waals surface area contributed by atoms with Gasteiger partial charge in [-0.25, -0.2) is 0 Å². The Kier molecular flexibility index (Phi) is 2.36. The summed E-state index contributed by atoms with van der Waals surface area (Å²) in [6.07, 6.45) is -0.136. The first-order valence-electron chi connectivity index (χ1n) is 4.44. The van der Waals surface area contributed by atoms with Gasteiger partial charge in [-0.1, -0.05) is 11.6 Å². The maximum absolute atomic E-state index is 11.5. The summed E-state index contributed by atoms with van der Waals surface area (Å²) in [6, 6.07) is 5.02. The molecular weight excluding hydrogens is 216 g/mol. The third kappa shape index (κ3) is 1.80. The van der Waals surface area contributed by atoms with Gasteiger partial charge in [-0.15, -0.1) is 0 Å². The molecule has 1 N–H and O–H groups in total. The lowest BCUT2D eigenvalue weighted by atomic mass is 10.2. The Balaban J connectivity index is 2.54. The van der Waals surface area contributed by atoms with E-state index in [0.717, 1.165) is 0 Å². The van der Waals surface area contributed by atoms with Crippen LogP contribution in [0, 0.1) is 0 Å². The van der Waals surface area contributed by atoms with E-state index in [2.05, 4.69) is 5.32 Å². The van der Waals surface area contributed by atoms with Gasteiger partial charge < -0.3 is 10.2 Å². The molecule has 1 aromatic carbocycles. The van der Waals surface area contributed by atoms with Gasteiger partial charge in [-0.05, 0) is 18.2 Å². The minimum absolute atomic E-state index is 0.136. The molecule has 15 heavy (non-hydrogen) atoms. The summed E-state index contributed by atoms with van der Waals surface area (Å²) in [5.41, 5.74) is 1.23. The van der Waals surface area contributed by atoms with Crippen LogP contribution in [0.3, 0.4) is 0 Å². The van der Waals surface area contributed by atoms with Gasteiger partial charge in [0.15, 0.2) is 0 Å². The summed E-state index contributed by atoms with van der Waals surface area (Å²) in [5.74, 6) is -0.540. The Bertz CT molecular complexity index is 445. The lowest BCUT2D eigenvalue weighted by Crippen LogP contribution is -2.26. The molecule has 1 aliphatic heterocycles. The minimum atomic E-state index is -0.312. The van der Waals surface area contributed by atoms with E-state index in [1.807, 2.05) is 0 Å². The summed E-state index contributed by atoms with van der Waals surface area (Å²) < 4.78 is 0. The van der Waals surface area contributed by atoms with Crippen LogP contribution >= 0.6 is 11.6 Å². The predicted octanol–water partition coefficient (Wildman–Crippen LogP) is 1.64. The van der Waals surface area contributed by atoms with Gasteiger partial charge in [0.25, 0.3) is 0 Å². The fraction of sp³-hybridized carbons (Fsp3) is 0.200. The van der Waals surface area contributed by atoms with Crippen LogP contribution in [-0.4, -0.2) is 18.9 Å². The normalized spacial score (nSPS) is 15.7. The number of amides is 2. The molecule has 0 spiro atoms. The number of benzene rings is 1. The number of hydrogen-bond donors (Lipinski definition) is 1. The molecule has 78 valence electrons. The van der Waals surface area contributed by atoms with E-state index in [-0.39, 0.29) is 18.2 Å². The molecular formula is C10H9ClN2O2. The largest absolute Gasteiger partial charge is 0.324 e. The molecule has 1 heterocycles. The van der Waals surface area contributed by atoms with Crippen LogP contribution in [0.15, 0.2) is 18.2 Å². The Morgan fingerprint density at radius 3 is 2.87 bits per heavy atom. The van der Waals surface area contributed by atoms with Crippen molar-refractivity contribution in [3.05, 3.63) is 23.2 Å². The number of fused-ring (bicyclic) bond motifs is 1. The fourth-order valence-electron chi connectivity index (χ4n) is 1.49. The zero-order valence-electron chi connectivity index (χ0n) is 8.08. The number of rotatable bonds is 0. The number of nitrogens with zero attached hydrogens (tertiary/aromatic N) is 1. The predicted molar refractivity (Wildman–Crippen MR) is 58.1 cm³/mol. The molecule has 1 aliphatic rings. The van der Waals surface area contributed by atoms with Crippen LogP contribution in [-0.2, 0) is 9.59 Å². The van der Waals surface area contributed by atoms with Gasteiger partial charge >= 0.3 is 0 Å². The summed E-state index contributed by atoms with van der Waals surface area (Å²) in [7, 11) is 1.63. The van der Waals surface area contributed by atoms with Crippen molar-refractivity contribution in [3.63, 3.8) is 0 Å². The molecule has 0 atom stereocenters. The highest BCUT2D eigenvalue weighted by molar-refractivity contribution is 6.31. The van der Waals surface area contributed by atoms with Gasteiger partial charge in [0, 0.05) is 12.1 Å². The Morgan fingerprint density at radius 2 is 2.13 bits per heavy atom. The molecule has 0 aromatic heterocycles. The lowest BCUT2D eigenvalue weighted by Gasteiger charge is -2.16. The van der Waals surface area contributed by atoms with Crippen LogP contribution < -0.4 is 10.2 Å². The fourth-order valence-corrected chi connectivity index (χ4v) is 1.66. The molecule has 2 rings (SSSR count). The SMILES string of the molecule is CN1C(=O)CC(=O)Nc2cc(Cl)ccc21. The summed E-state index contributed by atoms with van der Waals surface area (Å²) in [4.78, 5) is 24.3. The average Bonchev–Trinajstić information content (AvgIpc) is 2.25. The first-order chi connectivity index (χ1) is 7.08. The van der Waals surface area contributed by atoms with Crippen molar-refractivity contribution in [1.29, 1.82) is 0 Å². The topological polar surface area (TPSA) is 49.4 Å². The Morgan fingerprint density at radius 1 is 1.40 bits per heavy atom. The molecule has 0 unspecified atom stereocenters. The third-order valence-corrected chi connectivity index (χ3v) is 2.52. The molecule has 0 saturated carbocycles. The lowest BCUT2D eigenvalue weighted by molar-refractivity contribution is -0.124. The summed E-state index contributed by atoms with van der Waals surface area (Å²) in [6.45, 7) is 0. The summed E-state index contributed by atoms with van der Waals surface area (Å²) in [5, 5.41) is 3.16. The van der Waals surface area contributed by atoms with Crippen molar-refractivity contribution in [3.8, 4) is 0 Å². The minimum Gasteiger partial charge on any atom is -0.324 e. The van der Waals surface area contributed by atoms with E-state index in [4.69, 9.17) is 11.6 Å². The van der Waals surface area contributed by atoms with Gasteiger partial charge in [0.1, 0.15) is 6.42 Å². The van der Waals surface area contributed by atoms with Crippen molar-refractivity contribution in [2.75, 3.05) is 17.3 Å². The highest BCUT2D eigenvalue weighted by Gasteiger charge is 2.23. The van der Waals surface area contributed by atoms with E-state index in [1.165, 1.54) is 4.90 Å². The zero-order chi connectivity index (χ0) is 11.0. The maximum Gasteiger partial charge on any atom is 0.236 e. The van der Waals surface area contributed by atoms with Crippen molar-refractivity contribution < 1.29 is 9.59 Å². The highest BCUT2D eigenvalue weighted by Crippen LogP contribution is 2.30. The Labute approximate surface area is 91.8 Å². The molecule has 1 aromatic rings. The number of carbonyl (C=O) groups is 2. The average molecular weight is 225 g/mol. The standard InChI is InChI=1S/C10H9ClN2O2/c1-13-8-3-2-6(11)4-7(8)12-9(14)5-10(13)15/h2-4H,5H2,1H3,(H,12,14). The maximum atomic E-state index is 11.5. The number of hydrogen-bond acceptors (Lipinski definition) is 2. The number of halogens is 1. The van der Waals surface area contributed by atoms with Gasteiger partial charge in [0.05, 0.1) is 11.4 Å². The summed E-state index contributed by atoms with van der Waals surface area (Å²) >= 11 is 5.81. The number of carbonyl (C=O) groups excluding carboxylic acids is 2. The second-order valence-electron chi connectivity index (χ2n) is 3.34. The molecule has 0 aliphatic carbocycles. The van der Waals surface area contributed by atoms with Crippen LogP contribution in [0.2, 0.25) is 5.02 Å². The van der Waals surface area contributed by atoms with E-state index in [0.29, 0.717) is 16.4 Å². The third-order valence-electron chi connectivity index (χ3n) is 2.28. The molecule has 0 saturated heterocycles. The smallest absolute Gasteiger partial charge is 0.236 e. The number of anilines is 2. The van der Waals surface area contributed by atoms with Crippen LogP contribution in [0.25, 0.3) is 0 Å². The quantitative estimate of drug-likeness (QED) is 0.682. The Hall–Kier alpha value is -1.55. The van der Waals surface area contributed by atoms with Gasteiger partial charge in [-0.2, -0.15) is 0 Å². The van der Waals surface area contributed by atoms with Gasteiger partial charge in [0.2, 0.25) is 11.8 Å². The van der Waals surface area contributed by atoms with E-state index >= 15 is 0 Å². The molecule has 0 radical (unpaired) electrons. The monoisotopic (exact) mass is 224 g/mol. The molecule has 2 amide bonds. The van der Waals surface area contributed by atoms with E-state index in [9.17, 15) is 9.59 Å². The van der Waals surface area contributed by atoms with Crippen LogP contribution in [0.4, 0.5) is 11.4 Å². The van der Waals surface area contributed by atoms with Crippen molar-refractivity contribution in [1.82, 2.24) is 0 Å². The van der Waals surface area contributed by atoms with Crippen LogP contribution in [0.5, 0.6) is 0 Å². The van der Waals surface area contributed by atoms with Crippen molar-refractivity contribution >= 4 is 34.8 Å². The highest BCUT2D eigenvalue weighted by atomic mass is 35.5. The van der Waals surface area contributed by atoms with Crippen molar-refractivity contribution in [2.24, 2.45) is 0 Å². The molecule has 0 bridgehead atoms. The molecule has 5 heteroatoms. The second-order valence-corrected chi connectivity index (χ2v) is 3.78. The number of nitrogens with one attached hydrogen (secondary N) is 1. The molecule has 4 nitrogen and oxygen atoms in total. The zero-order valence-corrected chi connectivity index (χ0v) is 8.84. The first kappa shape index (κ1) is 9.98. The van der Waals surface area contributed by atoms with E-state index in [1.54, 1.807) is 25.2 Å². The van der Waals surface area contributed by atoms with Crippen LogP contribution in [0.1, 0.15) is 6.42 Å². The van der Waals surface area contributed by atoms with Gasteiger partial charge in [-0.3, -0.25) is 9.59 Å². The first-order valence-corrected chi connectivity index (χ1v) is 4.81. The van der Waals surface area contributed by atoms with Crippen molar-refractivity contribution in [2.45, 2.75) is 6.42 Å². The molecule has 0 fully saturated rings. The second kappa shape index (κ2) is 3.55. The van der Waals surface area contributed by atoms with E-state index < -0.39 is 0 Å².